The first-order valence-electron chi connectivity index (χ1n) is 7.05. The van der Waals surface area contributed by atoms with Gasteiger partial charge in [-0.15, -0.1) is 0 Å². The Hall–Kier alpha value is -1.06. The van der Waals surface area contributed by atoms with Gasteiger partial charge in [0, 0.05) is 31.9 Å². The average Bonchev–Trinajstić information content (AvgIpc) is 2.86. The lowest BCUT2D eigenvalue weighted by Gasteiger charge is -2.10. The van der Waals surface area contributed by atoms with Crippen LogP contribution in [0.1, 0.15) is 30.9 Å². The van der Waals surface area contributed by atoms with Crippen molar-refractivity contribution in [1.29, 1.82) is 0 Å². The van der Waals surface area contributed by atoms with Gasteiger partial charge in [-0.3, -0.25) is 0 Å². The van der Waals surface area contributed by atoms with E-state index in [0.717, 1.165) is 45.7 Å². The molecule has 0 unspecified atom stereocenters. The second kappa shape index (κ2) is 7.39. The third kappa shape index (κ3) is 3.72. The van der Waals surface area contributed by atoms with Gasteiger partial charge in [0.15, 0.2) is 0 Å². The number of anilines is 1. The molecule has 2 rings (SSSR count). The van der Waals surface area contributed by atoms with Crippen molar-refractivity contribution >= 4 is 5.69 Å². The van der Waals surface area contributed by atoms with E-state index in [2.05, 4.69) is 35.8 Å². The minimum absolute atomic E-state index is 0.808. The van der Waals surface area contributed by atoms with Gasteiger partial charge in [-0.1, -0.05) is 31.5 Å². The molecule has 1 aliphatic rings. The zero-order chi connectivity index (χ0) is 12.6. The van der Waals surface area contributed by atoms with Crippen molar-refractivity contribution in [1.82, 2.24) is 5.32 Å². The lowest BCUT2D eigenvalue weighted by Crippen LogP contribution is -2.20. The first kappa shape index (κ1) is 13.4. The maximum atomic E-state index is 5.53. The van der Waals surface area contributed by atoms with Crippen LogP contribution >= 0.6 is 0 Å². The molecule has 0 saturated heterocycles. The van der Waals surface area contributed by atoms with Crippen LogP contribution in [0, 0.1) is 0 Å². The molecule has 1 aliphatic heterocycles. The monoisotopic (exact) mass is 248 g/mol. The first-order valence-corrected chi connectivity index (χ1v) is 7.05. The van der Waals surface area contributed by atoms with Gasteiger partial charge in [-0.25, -0.2) is 0 Å². The molecule has 0 fully saturated rings. The number of nitrogens with one attached hydrogen (secondary N) is 2. The summed E-state index contributed by atoms with van der Waals surface area (Å²) in [7, 11) is 0. The maximum Gasteiger partial charge on any atom is 0.0591 e. The molecule has 0 aromatic heterocycles. The zero-order valence-electron chi connectivity index (χ0n) is 11.3. The van der Waals surface area contributed by atoms with Crippen LogP contribution in [-0.4, -0.2) is 26.3 Å². The zero-order valence-corrected chi connectivity index (χ0v) is 11.3. The van der Waals surface area contributed by atoms with Crippen LogP contribution in [0.25, 0.3) is 0 Å². The Morgan fingerprint density at radius 3 is 3.17 bits per heavy atom. The standard InChI is InChI=1S/C15H24N2O/c1-2-3-10-18-11-9-16-12-14-6-4-5-13-7-8-17-15(13)14/h4-6,16-17H,2-3,7-12H2,1H3. The molecule has 3 heteroatoms. The molecule has 0 spiro atoms. The fourth-order valence-corrected chi connectivity index (χ4v) is 2.27. The Bertz CT molecular complexity index is 366. The summed E-state index contributed by atoms with van der Waals surface area (Å²) in [5.74, 6) is 0. The van der Waals surface area contributed by atoms with Gasteiger partial charge in [0.1, 0.15) is 0 Å². The first-order chi connectivity index (χ1) is 8.92. The second-order valence-corrected chi connectivity index (χ2v) is 4.77. The highest BCUT2D eigenvalue weighted by Crippen LogP contribution is 2.25. The molecule has 3 nitrogen and oxygen atoms in total. The van der Waals surface area contributed by atoms with E-state index in [9.17, 15) is 0 Å². The van der Waals surface area contributed by atoms with E-state index in [-0.39, 0.29) is 0 Å². The van der Waals surface area contributed by atoms with Crippen LogP contribution in [0.2, 0.25) is 0 Å². The van der Waals surface area contributed by atoms with E-state index < -0.39 is 0 Å². The molecule has 100 valence electrons. The number of fused-ring (bicyclic) bond motifs is 1. The van der Waals surface area contributed by atoms with E-state index >= 15 is 0 Å². The van der Waals surface area contributed by atoms with E-state index in [1.165, 1.54) is 23.2 Å². The van der Waals surface area contributed by atoms with E-state index in [4.69, 9.17) is 4.74 Å². The van der Waals surface area contributed by atoms with Gasteiger partial charge >= 0.3 is 0 Å². The van der Waals surface area contributed by atoms with Gasteiger partial charge in [0.25, 0.3) is 0 Å². The van der Waals surface area contributed by atoms with Crippen molar-refractivity contribution in [3.8, 4) is 0 Å². The van der Waals surface area contributed by atoms with Gasteiger partial charge in [0.2, 0.25) is 0 Å². The number of rotatable bonds is 8. The molecule has 0 amide bonds. The normalized spacial score (nSPS) is 13.4. The van der Waals surface area contributed by atoms with Crippen LogP contribution in [-0.2, 0) is 17.7 Å². The van der Waals surface area contributed by atoms with Gasteiger partial charge in [-0.05, 0) is 24.0 Å². The summed E-state index contributed by atoms with van der Waals surface area (Å²) in [5.41, 5.74) is 4.17. The summed E-state index contributed by atoms with van der Waals surface area (Å²) in [6.45, 7) is 6.81. The topological polar surface area (TPSA) is 33.3 Å². The predicted octanol–water partition coefficient (Wildman–Crippen LogP) is 2.56. The lowest BCUT2D eigenvalue weighted by molar-refractivity contribution is 0.133. The third-order valence-electron chi connectivity index (χ3n) is 3.31. The number of hydrogen-bond acceptors (Lipinski definition) is 3. The van der Waals surface area contributed by atoms with Crippen molar-refractivity contribution in [3.05, 3.63) is 29.3 Å². The quantitative estimate of drug-likeness (QED) is 0.694. The van der Waals surface area contributed by atoms with Gasteiger partial charge in [0.05, 0.1) is 6.61 Å². The van der Waals surface area contributed by atoms with E-state index in [1.807, 2.05) is 0 Å². The molecule has 1 heterocycles. The van der Waals surface area contributed by atoms with Crippen molar-refractivity contribution in [2.45, 2.75) is 32.7 Å². The number of hydrogen-bond donors (Lipinski definition) is 2. The number of para-hydroxylation sites is 1. The Labute approximate surface area is 110 Å². The average molecular weight is 248 g/mol. The Morgan fingerprint density at radius 1 is 1.33 bits per heavy atom. The molecule has 0 radical (unpaired) electrons. The summed E-state index contributed by atoms with van der Waals surface area (Å²) in [6, 6.07) is 6.56. The van der Waals surface area contributed by atoms with E-state index in [1.54, 1.807) is 0 Å². The summed E-state index contributed by atoms with van der Waals surface area (Å²) in [4.78, 5) is 0. The second-order valence-electron chi connectivity index (χ2n) is 4.77. The van der Waals surface area contributed by atoms with Crippen LogP contribution in [0.15, 0.2) is 18.2 Å². The van der Waals surface area contributed by atoms with Crippen molar-refractivity contribution in [3.63, 3.8) is 0 Å². The van der Waals surface area contributed by atoms with Crippen LogP contribution in [0.3, 0.4) is 0 Å². The molecule has 1 aromatic rings. The highest BCUT2D eigenvalue weighted by atomic mass is 16.5. The smallest absolute Gasteiger partial charge is 0.0591 e. The molecular weight excluding hydrogens is 224 g/mol. The highest BCUT2D eigenvalue weighted by Gasteiger charge is 2.12. The minimum Gasteiger partial charge on any atom is -0.384 e. The Kier molecular flexibility index (Phi) is 5.49. The van der Waals surface area contributed by atoms with Crippen molar-refractivity contribution in [2.24, 2.45) is 0 Å². The van der Waals surface area contributed by atoms with E-state index in [0.29, 0.717) is 0 Å². The van der Waals surface area contributed by atoms with Gasteiger partial charge in [-0.2, -0.15) is 0 Å². The molecule has 1 aromatic carbocycles. The van der Waals surface area contributed by atoms with Crippen LogP contribution in [0.4, 0.5) is 5.69 Å². The summed E-state index contributed by atoms with van der Waals surface area (Å²) in [5, 5.41) is 6.91. The summed E-state index contributed by atoms with van der Waals surface area (Å²) in [6.07, 6.45) is 3.52. The lowest BCUT2D eigenvalue weighted by atomic mass is 10.1. The van der Waals surface area contributed by atoms with Crippen LogP contribution < -0.4 is 10.6 Å². The number of ether oxygens (including phenoxy) is 1. The molecule has 0 saturated carbocycles. The SMILES string of the molecule is CCCCOCCNCc1cccc2c1NCC2. The fourth-order valence-electron chi connectivity index (χ4n) is 2.27. The van der Waals surface area contributed by atoms with Crippen LogP contribution in [0.5, 0.6) is 0 Å². The predicted molar refractivity (Wildman–Crippen MR) is 76.1 cm³/mol. The highest BCUT2D eigenvalue weighted by molar-refractivity contribution is 5.61. The summed E-state index contributed by atoms with van der Waals surface area (Å²) < 4.78 is 5.53. The molecule has 0 atom stereocenters. The molecule has 18 heavy (non-hydrogen) atoms. The largest absolute Gasteiger partial charge is 0.384 e. The molecule has 0 aliphatic carbocycles. The minimum atomic E-state index is 0.808. The van der Waals surface area contributed by atoms with Gasteiger partial charge < -0.3 is 15.4 Å². The Morgan fingerprint density at radius 2 is 2.28 bits per heavy atom. The molecule has 0 bridgehead atoms. The summed E-state index contributed by atoms with van der Waals surface area (Å²) >= 11 is 0. The fraction of sp³-hybridized carbons (Fsp3) is 0.600. The Balaban J connectivity index is 1.66. The number of unbranched alkanes of at least 4 members (excludes halogenated alkanes) is 1. The number of benzene rings is 1. The molecular formula is C15H24N2O. The van der Waals surface area contributed by atoms with Crippen molar-refractivity contribution < 1.29 is 4.74 Å². The molecule has 2 N–H and O–H groups in total. The third-order valence-corrected chi connectivity index (χ3v) is 3.31. The maximum absolute atomic E-state index is 5.53. The van der Waals surface area contributed by atoms with Crippen molar-refractivity contribution in [2.75, 3.05) is 31.6 Å².